The Morgan fingerprint density at radius 2 is 1.00 bits per heavy atom. The first-order valence-electron chi connectivity index (χ1n) is 5.27. The maximum absolute atomic E-state index is 11.6. The maximum atomic E-state index is 11.6. The van der Waals surface area contributed by atoms with Crippen LogP contribution in [0.2, 0.25) is 0 Å². The second kappa shape index (κ2) is 7.33. The molecule has 0 heterocycles. The molecule has 0 bridgehead atoms. The molecule has 2 rings (SSSR count). The predicted molar refractivity (Wildman–Crippen MR) is 60.1 cm³/mol. The van der Waals surface area contributed by atoms with E-state index in [0.717, 1.165) is 0 Å². The molecule has 0 unspecified atom stereocenters. The van der Waals surface area contributed by atoms with Crippen molar-refractivity contribution in [1.29, 1.82) is 0 Å². The summed E-state index contributed by atoms with van der Waals surface area (Å²) < 4.78 is 0. The van der Waals surface area contributed by atoms with Gasteiger partial charge in [0.15, 0.2) is 0 Å². The Morgan fingerprint density at radius 3 is 1.29 bits per heavy atom. The van der Waals surface area contributed by atoms with E-state index < -0.39 is 0 Å². The summed E-state index contributed by atoms with van der Waals surface area (Å²) in [6.07, 6.45) is 15.0. The summed E-state index contributed by atoms with van der Waals surface area (Å²) in [5.74, 6) is 1.44. The molecule has 17 heavy (non-hydrogen) atoms. The smallest absolute Gasteiger partial charge is 0.299 e. The van der Waals surface area contributed by atoms with E-state index in [4.69, 9.17) is 0 Å². The molecule has 0 spiro atoms. The van der Waals surface area contributed by atoms with Crippen LogP contribution in [0, 0.1) is 63.2 Å². The third-order valence-electron chi connectivity index (χ3n) is 2.55. The number of ketones is 2. The largest absolute Gasteiger partial charge is 2.00 e. The minimum Gasteiger partial charge on any atom is -0.299 e. The van der Waals surface area contributed by atoms with Gasteiger partial charge in [-0.1, -0.05) is 0 Å². The van der Waals surface area contributed by atoms with Gasteiger partial charge in [-0.2, -0.15) is 0 Å². The van der Waals surface area contributed by atoms with Gasteiger partial charge in [0.2, 0.25) is 0 Å². The molecule has 0 saturated heterocycles. The van der Waals surface area contributed by atoms with Crippen molar-refractivity contribution in [2.45, 2.75) is 12.8 Å². The summed E-state index contributed by atoms with van der Waals surface area (Å²) in [5, 5.41) is 0. The predicted octanol–water partition coefficient (Wildman–Crippen LogP) is 1.71. The molecule has 2 fully saturated rings. The zero-order valence-electron chi connectivity index (χ0n) is 9.20. The van der Waals surface area contributed by atoms with Crippen LogP contribution in [-0.2, 0) is 26.7 Å². The molecule has 0 aromatic carbocycles. The van der Waals surface area contributed by atoms with Crippen molar-refractivity contribution in [3.05, 3.63) is 63.2 Å². The van der Waals surface area contributed by atoms with Gasteiger partial charge < -0.3 is 0 Å². The number of carbonyl (C=O) groups is 2. The number of hydrogen-bond acceptors (Lipinski definition) is 2. The molecular weight excluding hydrogens is 256 g/mol. The Morgan fingerprint density at radius 1 is 0.706 bits per heavy atom. The van der Waals surface area contributed by atoms with Crippen molar-refractivity contribution in [3.8, 4) is 0 Å². The van der Waals surface area contributed by atoms with E-state index in [1.165, 1.54) is 0 Å². The second-order valence-electron chi connectivity index (χ2n) is 3.69. The molecule has 0 N–H and O–H groups in total. The summed E-state index contributed by atoms with van der Waals surface area (Å²) in [6.45, 7) is 0. The maximum Gasteiger partial charge on any atom is 2.00 e. The van der Waals surface area contributed by atoms with Crippen molar-refractivity contribution in [1.82, 2.24) is 0 Å². The molecule has 86 valence electrons. The Kier molecular flexibility index (Phi) is 6.43. The topological polar surface area (TPSA) is 34.1 Å². The molecule has 2 saturated carbocycles. The van der Waals surface area contributed by atoms with Crippen LogP contribution >= 0.6 is 0 Å². The van der Waals surface area contributed by atoms with Gasteiger partial charge in [-0.25, -0.2) is 0 Å². The van der Waals surface area contributed by atoms with Crippen LogP contribution in [0.15, 0.2) is 0 Å². The molecule has 0 atom stereocenters. The second-order valence-corrected chi connectivity index (χ2v) is 3.69. The third-order valence-corrected chi connectivity index (χ3v) is 2.55. The summed E-state index contributed by atoms with van der Waals surface area (Å²) >= 11 is 0. The molecule has 2 aliphatic carbocycles. The molecule has 2 aliphatic rings. The zero-order chi connectivity index (χ0) is 11.4. The van der Waals surface area contributed by atoms with Crippen LogP contribution in [0.25, 0.3) is 0 Å². The Labute approximate surface area is 114 Å². The van der Waals surface area contributed by atoms with Crippen molar-refractivity contribution < 1.29 is 26.7 Å². The van der Waals surface area contributed by atoms with E-state index in [2.05, 4.69) is 0 Å². The minimum atomic E-state index is 0. The SMILES string of the molecule is O=C(CCC(=O)[C]1[CH][CH][CH][CH]1)[C]1[CH][CH][CH][CH]1.[Fe+2]. The fourth-order valence-electron chi connectivity index (χ4n) is 1.64. The number of hydrogen-bond donors (Lipinski definition) is 0. The van der Waals surface area contributed by atoms with Crippen LogP contribution in [0.4, 0.5) is 0 Å². The van der Waals surface area contributed by atoms with Gasteiger partial charge in [0.1, 0.15) is 11.6 Å². The third kappa shape index (κ3) is 4.22. The average Bonchev–Trinajstić information content (AvgIpc) is 2.95. The molecule has 0 aromatic rings. The van der Waals surface area contributed by atoms with Crippen LogP contribution in [-0.4, -0.2) is 11.6 Å². The fraction of sp³-hybridized carbons (Fsp3) is 0.143. The Hall–Kier alpha value is -0.141. The van der Waals surface area contributed by atoms with Gasteiger partial charge in [-0.15, -0.1) is 0 Å². The fourth-order valence-corrected chi connectivity index (χ4v) is 1.64. The standard InChI is InChI=1S/C14H12O2.Fe/c15-13(11-5-1-2-6-11)9-10-14(16)12-7-3-4-8-12;/h1-8H,9-10H2;/q;+2. The van der Waals surface area contributed by atoms with Gasteiger partial charge >= 0.3 is 17.1 Å². The normalized spacial score (nSPS) is 21.4. The van der Waals surface area contributed by atoms with Crippen molar-refractivity contribution in [3.63, 3.8) is 0 Å². The van der Waals surface area contributed by atoms with Crippen molar-refractivity contribution in [2.24, 2.45) is 0 Å². The summed E-state index contributed by atoms with van der Waals surface area (Å²) in [7, 11) is 0. The first-order valence-corrected chi connectivity index (χ1v) is 5.27. The quantitative estimate of drug-likeness (QED) is 0.711. The first-order chi connectivity index (χ1) is 7.77. The minimum absolute atomic E-state index is 0. The Bertz CT molecular complexity index is 235. The Balaban J connectivity index is 0.00000144. The van der Waals surface area contributed by atoms with Crippen LogP contribution in [0.1, 0.15) is 12.8 Å². The van der Waals surface area contributed by atoms with E-state index in [9.17, 15) is 9.59 Å². The van der Waals surface area contributed by atoms with Gasteiger partial charge in [0.05, 0.1) is 0 Å². The molecule has 3 heteroatoms. The van der Waals surface area contributed by atoms with Crippen molar-refractivity contribution in [2.75, 3.05) is 0 Å². The van der Waals surface area contributed by atoms with Gasteiger partial charge in [-0.05, 0) is 51.4 Å². The first kappa shape index (κ1) is 14.9. The molecule has 10 radical (unpaired) electrons. The van der Waals surface area contributed by atoms with E-state index >= 15 is 0 Å². The average molecular weight is 268 g/mol. The summed E-state index contributed by atoms with van der Waals surface area (Å²) in [6, 6.07) is 0. The van der Waals surface area contributed by atoms with Crippen LogP contribution < -0.4 is 0 Å². The van der Waals surface area contributed by atoms with Gasteiger partial charge in [0, 0.05) is 24.7 Å². The van der Waals surface area contributed by atoms with Gasteiger partial charge in [-0.3, -0.25) is 9.59 Å². The van der Waals surface area contributed by atoms with E-state index in [1.807, 2.05) is 25.7 Å². The summed E-state index contributed by atoms with van der Waals surface area (Å²) in [5.41, 5.74) is 0. The molecular formula is C14H12FeO2+2. The summed E-state index contributed by atoms with van der Waals surface area (Å²) in [4.78, 5) is 23.3. The number of carbonyl (C=O) groups excluding carboxylic acids is 2. The van der Waals surface area contributed by atoms with E-state index in [0.29, 0.717) is 11.8 Å². The molecule has 0 amide bonds. The molecule has 0 aromatic heterocycles. The molecule has 2 nitrogen and oxygen atoms in total. The number of Topliss-reactive ketones (excluding diaryl/α,β-unsaturated/α-hetero) is 2. The van der Waals surface area contributed by atoms with Crippen LogP contribution in [0.5, 0.6) is 0 Å². The zero-order valence-corrected chi connectivity index (χ0v) is 10.3. The van der Waals surface area contributed by atoms with Gasteiger partial charge in [0.25, 0.3) is 0 Å². The van der Waals surface area contributed by atoms with Crippen molar-refractivity contribution >= 4 is 11.6 Å². The van der Waals surface area contributed by atoms with E-state index in [-0.39, 0.29) is 41.5 Å². The van der Waals surface area contributed by atoms with Crippen LogP contribution in [0.3, 0.4) is 0 Å². The van der Waals surface area contributed by atoms with E-state index in [1.54, 1.807) is 25.7 Å². The number of rotatable bonds is 5. The molecule has 0 aliphatic heterocycles. The monoisotopic (exact) mass is 268 g/mol.